The third kappa shape index (κ3) is 2.74. The predicted octanol–water partition coefficient (Wildman–Crippen LogP) is -1.12. The summed E-state index contributed by atoms with van der Waals surface area (Å²) in [6.07, 6.45) is 1.41. The maximum atomic E-state index is 11.3. The zero-order valence-corrected chi connectivity index (χ0v) is 7.36. The van der Waals surface area contributed by atoms with Crippen LogP contribution in [0, 0.1) is 0 Å². The van der Waals surface area contributed by atoms with E-state index in [2.05, 4.69) is 10.3 Å². The van der Waals surface area contributed by atoms with E-state index in [1.165, 1.54) is 18.3 Å². The van der Waals surface area contributed by atoms with E-state index in [1.54, 1.807) is 0 Å². The van der Waals surface area contributed by atoms with Crippen LogP contribution in [0.3, 0.4) is 0 Å². The molecule has 0 bridgehead atoms. The topological polar surface area (TPSA) is 111 Å². The van der Waals surface area contributed by atoms with Gasteiger partial charge in [0.2, 0.25) is 5.91 Å². The Bertz CT molecular complexity index is 364. The van der Waals surface area contributed by atoms with Crippen molar-refractivity contribution in [3.8, 4) is 0 Å². The van der Waals surface area contributed by atoms with Gasteiger partial charge >= 0.3 is 0 Å². The molecule has 0 aliphatic rings. The molecule has 1 heterocycles. The summed E-state index contributed by atoms with van der Waals surface area (Å²) < 4.78 is 0. The molecule has 14 heavy (non-hydrogen) atoms. The molecule has 2 amide bonds. The average molecular weight is 194 g/mol. The first-order valence-corrected chi connectivity index (χ1v) is 3.87. The first-order valence-electron chi connectivity index (χ1n) is 3.87. The van der Waals surface area contributed by atoms with Gasteiger partial charge in [-0.2, -0.15) is 0 Å². The third-order valence-electron chi connectivity index (χ3n) is 1.47. The lowest BCUT2D eigenvalue weighted by Gasteiger charge is -2.02. The van der Waals surface area contributed by atoms with Crippen molar-refractivity contribution in [2.24, 2.45) is 5.73 Å². The second kappa shape index (κ2) is 4.22. The van der Waals surface area contributed by atoms with Crippen LogP contribution in [-0.2, 0) is 4.79 Å². The van der Waals surface area contributed by atoms with Crippen LogP contribution in [0.1, 0.15) is 10.4 Å². The van der Waals surface area contributed by atoms with Crippen LogP contribution >= 0.6 is 0 Å². The van der Waals surface area contributed by atoms with Crippen LogP contribution in [0.2, 0.25) is 0 Å². The second-order valence-corrected chi connectivity index (χ2v) is 2.62. The number of carbonyl (C=O) groups is 2. The number of primary amides is 1. The zero-order valence-electron chi connectivity index (χ0n) is 7.36. The number of anilines is 1. The van der Waals surface area contributed by atoms with Gasteiger partial charge in [-0.3, -0.25) is 9.59 Å². The summed E-state index contributed by atoms with van der Waals surface area (Å²) in [5.74, 6) is -0.755. The summed E-state index contributed by atoms with van der Waals surface area (Å²) in [5, 5.41) is 2.33. The lowest BCUT2D eigenvalue weighted by atomic mass is 10.2. The third-order valence-corrected chi connectivity index (χ3v) is 1.47. The Balaban J connectivity index is 2.65. The molecule has 0 saturated heterocycles. The van der Waals surface area contributed by atoms with E-state index in [0.29, 0.717) is 5.56 Å². The number of pyridine rings is 1. The van der Waals surface area contributed by atoms with Crippen LogP contribution in [0.25, 0.3) is 0 Å². The van der Waals surface area contributed by atoms with E-state index in [-0.39, 0.29) is 12.4 Å². The molecule has 1 aromatic heterocycles. The molecule has 74 valence electrons. The Hall–Kier alpha value is -2.11. The fourth-order valence-electron chi connectivity index (χ4n) is 0.859. The van der Waals surface area contributed by atoms with Gasteiger partial charge in [-0.1, -0.05) is 0 Å². The molecule has 6 heteroatoms. The molecule has 0 aromatic carbocycles. The zero-order chi connectivity index (χ0) is 10.6. The molecule has 0 aliphatic carbocycles. The van der Waals surface area contributed by atoms with Gasteiger partial charge < -0.3 is 16.8 Å². The number of nitrogen functional groups attached to an aromatic ring is 1. The monoisotopic (exact) mass is 194 g/mol. The highest BCUT2D eigenvalue weighted by Gasteiger charge is 2.06. The minimum Gasteiger partial charge on any atom is -0.384 e. The van der Waals surface area contributed by atoms with Crippen LogP contribution in [0.15, 0.2) is 18.3 Å². The Labute approximate surface area is 80.3 Å². The lowest BCUT2D eigenvalue weighted by Crippen LogP contribution is -2.33. The largest absolute Gasteiger partial charge is 0.384 e. The van der Waals surface area contributed by atoms with Crippen LogP contribution in [-0.4, -0.2) is 23.3 Å². The van der Waals surface area contributed by atoms with Crippen molar-refractivity contribution in [3.05, 3.63) is 23.9 Å². The van der Waals surface area contributed by atoms with Gasteiger partial charge in [0.1, 0.15) is 5.82 Å². The van der Waals surface area contributed by atoms with Crippen LogP contribution < -0.4 is 16.8 Å². The van der Waals surface area contributed by atoms with E-state index in [4.69, 9.17) is 11.5 Å². The number of hydrogen-bond acceptors (Lipinski definition) is 4. The van der Waals surface area contributed by atoms with E-state index < -0.39 is 11.8 Å². The molecule has 0 radical (unpaired) electrons. The maximum absolute atomic E-state index is 11.3. The number of carbonyl (C=O) groups excluding carboxylic acids is 2. The minimum atomic E-state index is -0.597. The van der Waals surface area contributed by atoms with Crippen molar-refractivity contribution in [1.29, 1.82) is 0 Å². The van der Waals surface area contributed by atoms with Crippen molar-refractivity contribution in [1.82, 2.24) is 10.3 Å². The number of nitrogens with one attached hydrogen (secondary N) is 1. The Morgan fingerprint density at radius 2 is 2.21 bits per heavy atom. The van der Waals surface area contributed by atoms with E-state index in [9.17, 15) is 9.59 Å². The summed E-state index contributed by atoms with van der Waals surface area (Å²) in [5.41, 5.74) is 10.6. The van der Waals surface area contributed by atoms with E-state index >= 15 is 0 Å². The molecular formula is C8H10N4O2. The fourth-order valence-corrected chi connectivity index (χ4v) is 0.859. The van der Waals surface area contributed by atoms with Crippen molar-refractivity contribution < 1.29 is 9.59 Å². The number of aromatic nitrogens is 1. The summed E-state index contributed by atoms with van der Waals surface area (Å²) in [4.78, 5) is 25.4. The number of nitrogens with two attached hydrogens (primary N) is 2. The minimum absolute atomic E-state index is 0.193. The van der Waals surface area contributed by atoms with Crippen LogP contribution in [0.5, 0.6) is 0 Å². The quantitative estimate of drug-likeness (QED) is 0.565. The maximum Gasteiger partial charge on any atom is 0.251 e. The number of amides is 2. The molecule has 1 aromatic rings. The van der Waals surface area contributed by atoms with Gasteiger partial charge in [0.15, 0.2) is 0 Å². The Kier molecular flexibility index (Phi) is 3.01. The van der Waals surface area contributed by atoms with Crippen molar-refractivity contribution >= 4 is 17.6 Å². The smallest absolute Gasteiger partial charge is 0.251 e. The van der Waals surface area contributed by atoms with Crippen molar-refractivity contribution in [3.63, 3.8) is 0 Å². The predicted molar refractivity (Wildman–Crippen MR) is 50.2 cm³/mol. The molecule has 0 spiro atoms. The molecular weight excluding hydrogens is 184 g/mol. The highest BCUT2D eigenvalue weighted by Crippen LogP contribution is 2.01. The lowest BCUT2D eigenvalue weighted by molar-refractivity contribution is -0.117. The molecule has 0 saturated carbocycles. The Morgan fingerprint density at radius 1 is 1.50 bits per heavy atom. The van der Waals surface area contributed by atoms with Gasteiger partial charge in [0, 0.05) is 11.8 Å². The highest BCUT2D eigenvalue weighted by molar-refractivity contribution is 5.96. The summed E-state index contributed by atoms with van der Waals surface area (Å²) in [6.45, 7) is -0.193. The molecule has 0 aliphatic heterocycles. The number of hydrogen-bond donors (Lipinski definition) is 3. The van der Waals surface area contributed by atoms with E-state index in [1.807, 2.05) is 0 Å². The van der Waals surface area contributed by atoms with Crippen molar-refractivity contribution in [2.45, 2.75) is 0 Å². The second-order valence-electron chi connectivity index (χ2n) is 2.62. The molecule has 5 N–H and O–H groups in total. The molecule has 0 atom stereocenters. The summed E-state index contributed by atoms with van der Waals surface area (Å²) in [7, 11) is 0. The van der Waals surface area contributed by atoms with Gasteiger partial charge in [0.05, 0.1) is 6.54 Å². The van der Waals surface area contributed by atoms with Gasteiger partial charge in [-0.05, 0) is 12.1 Å². The molecule has 1 rings (SSSR count). The van der Waals surface area contributed by atoms with E-state index in [0.717, 1.165) is 0 Å². The number of rotatable bonds is 3. The first kappa shape index (κ1) is 9.97. The Morgan fingerprint density at radius 3 is 2.79 bits per heavy atom. The van der Waals surface area contributed by atoms with Crippen LogP contribution in [0.4, 0.5) is 5.82 Å². The SMILES string of the molecule is NC(=O)CNC(=O)c1ccnc(N)c1. The fraction of sp³-hybridized carbons (Fsp3) is 0.125. The molecule has 0 unspecified atom stereocenters. The number of nitrogens with zero attached hydrogens (tertiary/aromatic N) is 1. The van der Waals surface area contributed by atoms with Crippen molar-refractivity contribution in [2.75, 3.05) is 12.3 Å². The molecule has 6 nitrogen and oxygen atoms in total. The standard InChI is InChI=1S/C8H10N4O2/c9-6-3-5(1-2-11-6)8(14)12-4-7(10)13/h1-3H,4H2,(H2,9,11)(H2,10,13)(H,12,14). The van der Waals surface area contributed by atoms with Gasteiger partial charge in [-0.25, -0.2) is 4.98 Å². The highest BCUT2D eigenvalue weighted by atomic mass is 16.2. The normalized spacial score (nSPS) is 9.43. The molecule has 0 fully saturated rings. The first-order chi connectivity index (χ1) is 6.59. The average Bonchev–Trinajstić information content (AvgIpc) is 2.14. The van der Waals surface area contributed by atoms with Gasteiger partial charge in [0.25, 0.3) is 5.91 Å². The summed E-state index contributed by atoms with van der Waals surface area (Å²) >= 11 is 0. The summed E-state index contributed by atoms with van der Waals surface area (Å²) in [6, 6.07) is 2.91. The van der Waals surface area contributed by atoms with Gasteiger partial charge in [-0.15, -0.1) is 0 Å².